The fraction of sp³-hybridized carbons (Fsp3) is 0.292. The molecule has 0 aliphatic heterocycles. The summed E-state index contributed by atoms with van der Waals surface area (Å²) in [6, 6.07) is 16.5. The molecule has 4 nitrogen and oxygen atoms in total. The summed E-state index contributed by atoms with van der Waals surface area (Å²) in [6.07, 6.45) is 4.14. The van der Waals surface area contributed by atoms with Crippen molar-refractivity contribution < 1.29 is 9.53 Å². The topological polar surface area (TPSA) is 54.1 Å². The highest BCUT2D eigenvalue weighted by Gasteiger charge is 2.22. The van der Waals surface area contributed by atoms with Gasteiger partial charge in [-0.05, 0) is 55.0 Å². The second kappa shape index (κ2) is 7.93. The van der Waals surface area contributed by atoms with Gasteiger partial charge in [0.05, 0.1) is 7.11 Å². The van der Waals surface area contributed by atoms with Gasteiger partial charge >= 0.3 is 0 Å². The maximum Gasteiger partial charge on any atom is 0.158 e. The number of ether oxygens (including phenoxy) is 1. The van der Waals surface area contributed by atoms with E-state index < -0.39 is 0 Å². The molecule has 1 aliphatic carbocycles. The minimum Gasteiger partial charge on any atom is -0.497 e. The van der Waals surface area contributed by atoms with Gasteiger partial charge in [0.1, 0.15) is 5.75 Å². The first kappa shape index (κ1) is 18.4. The number of hydrogen-bond donors (Lipinski definition) is 2. The van der Waals surface area contributed by atoms with Gasteiger partial charge in [-0.3, -0.25) is 4.79 Å². The molecule has 0 spiro atoms. The Morgan fingerprint density at radius 1 is 1.11 bits per heavy atom. The van der Waals surface area contributed by atoms with Crippen LogP contribution in [0.1, 0.15) is 35.6 Å². The Labute approximate surface area is 165 Å². The summed E-state index contributed by atoms with van der Waals surface area (Å²) in [7, 11) is 1.67. The minimum atomic E-state index is 0.192. The second-order valence-electron chi connectivity index (χ2n) is 7.47. The number of methoxy groups -OCH3 is 1. The quantitative estimate of drug-likeness (QED) is 0.660. The number of allylic oxidation sites excluding steroid dienone is 2. The predicted octanol–water partition coefficient (Wildman–Crippen LogP) is 4.65. The molecule has 0 amide bonds. The molecule has 1 heterocycles. The van der Waals surface area contributed by atoms with Gasteiger partial charge in [-0.15, -0.1) is 0 Å². The molecule has 1 aliphatic rings. The number of rotatable bonds is 6. The fourth-order valence-corrected chi connectivity index (χ4v) is 4.13. The second-order valence-corrected chi connectivity index (χ2v) is 7.47. The van der Waals surface area contributed by atoms with Crippen LogP contribution in [0.4, 0.5) is 0 Å². The van der Waals surface area contributed by atoms with E-state index in [2.05, 4.69) is 53.6 Å². The van der Waals surface area contributed by atoms with Gasteiger partial charge in [-0.2, -0.15) is 0 Å². The van der Waals surface area contributed by atoms with E-state index in [1.54, 1.807) is 13.2 Å². The maximum atomic E-state index is 12.3. The van der Waals surface area contributed by atoms with E-state index in [9.17, 15) is 4.79 Å². The van der Waals surface area contributed by atoms with Crippen LogP contribution in [0.3, 0.4) is 0 Å². The molecule has 2 aromatic carbocycles. The van der Waals surface area contributed by atoms with Crippen LogP contribution in [0, 0.1) is 6.92 Å². The number of H-pyrrole nitrogens is 1. The first-order valence-electron chi connectivity index (χ1n) is 9.81. The van der Waals surface area contributed by atoms with Gasteiger partial charge in [0.25, 0.3) is 0 Å². The van der Waals surface area contributed by atoms with E-state index >= 15 is 0 Å². The largest absolute Gasteiger partial charge is 0.497 e. The molecule has 0 saturated heterocycles. The van der Waals surface area contributed by atoms with E-state index in [-0.39, 0.29) is 11.7 Å². The molecule has 2 N–H and O–H groups in total. The van der Waals surface area contributed by atoms with Gasteiger partial charge in [-0.25, -0.2) is 0 Å². The molecular formula is C24H26N2O2. The molecule has 1 atom stereocenters. The summed E-state index contributed by atoms with van der Waals surface area (Å²) in [5.41, 5.74) is 5.97. The molecule has 3 aromatic rings. The van der Waals surface area contributed by atoms with Crippen LogP contribution in [0.2, 0.25) is 0 Å². The van der Waals surface area contributed by atoms with Gasteiger partial charge in [0.15, 0.2) is 5.78 Å². The van der Waals surface area contributed by atoms with Crippen molar-refractivity contribution in [3.63, 3.8) is 0 Å². The molecule has 0 unspecified atom stereocenters. The Hall–Kier alpha value is -3.01. The Morgan fingerprint density at radius 2 is 1.89 bits per heavy atom. The van der Waals surface area contributed by atoms with Crippen LogP contribution in [0.25, 0.3) is 10.9 Å². The number of aromatic nitrogens is 1. The smallest absolute Gasteiger partial charge is 0.158 e. The molecule has 1 aromatic heterocycles. The van der Waals surface area contributed by atoms with Crippen molar-refractivity contribution in [3.05, 3.63) is 77.1 Å². The van der Waals surface area contributed by atoms with Crippen molar-refractivity contribution in [1.29, 1.82) is 0 Å². The number of para-hydroxylation sites is 1. The molecular weight excluding hydrogens is 348 g/mol. The molecule has 4 heteroatoms. The van der Waals surface area contributed by atoms with Gasteiger partial charge in [-0.1, -0.05) is 30.3 Å². The minimum absolute atomic E-state index is 0.192. The van der Waals surface area contributed by atoms with Gasteiger partial charge < -0.3 is 15.0 Å². The van der Waals surface area contributed by atoms with Crippen molar-refractivity contribution in [1.82, 2.24) is 10.3 Å². The summed E-state index contributed by atoms with van der Waals surface area (Å²) >= 11 is 0. The average Bonchev–Trinajstić information content (AvgIpc) is 3.03. The fourth-order valence-electron chi connectivity index (χ4n) is 4.13. The van der Waals surface area contributed by atoms with E-state index in [1.165, 1.54) is 27.7 Å². The number of aryl methyl sites for hydroxylation is 1. The zero-order valence-corrected chi connectivity index (χ0v) is 16.4. The van der Waals surface area contributed by atoms with Crippen LogP contribution in [-0.4, -0.2) is 24.4 Å². The molecule has 4 rings (SSSR count). The van der Waals surface area contributed by atoms with Crippen LogP contribution < -0.4 is 10.1 Å². The van der Waals surface area contributed by atoms with Crippen molar-refractivity contribution in [2.45, 2.75) is 32.1 Å². The van der Waals surface area contributed by atoms with E-state index in [1.807, 2.05) is 12.1 Å². The number of nitrogens with one attached hydrogen (secondary N) is 2. The first-order valence-corrected chi connectivity index (χ1v) is 9.81. The third-order valence-corrected chi connectivity index (χ3v) is 5.59. The highest BCUT2D eigenvalue weighted by Crippen LogP contribution is 2.31. The van der Waals surface area contributed by atoms with Gasteiger partial charge in [0, 0.05) is 41.3 Å². The van der Waals surface area contributed by atoms with Crippen LogP contribution >= 0.6 is 0 Å². The van der Waals surface area contributed by atoms with Crippen molar-refractivity contribution in [3.8, 4) is 5.75 Å². The lowest BCUT2D eigenvalue weighted by Crippen LogP contribution is -2.24. The normalized spacial score (nSPS) is 16.9. The average molecular weight is 374 g/mol. The summed E-state index contributed by atoms with van der Waals surface area (Å²) in [5.74, 6) is 1.26. The zero-order chi connectivity index (χ0) is 19.5. The molecule has 0 fully saturated rings. The molecule has 0 radical (unpaired) electrons. The molecule has 28 heavy (non-hydrogen) atoms. The third-order valence-electron chi connectivity index (χ3n) is 5.59. The van der Waals surface area contributed by atoms with Crippen LogP contribution in [0.5, 0.6) is 5.75 Å². The van der Waals surface area contributed by atoms with Crippen molar-refractivity contribution in [2.24, 2.45) is 0 Å². The standard InChI is InChI=1S/C24H26N2O2/c1-16-22(23-5-3-4-6-24(23)26-16)11-12-25-19-13-18(14-20(27)15-19)17-7-9-21(28-2)10-8-17/h3-10,15,18,25-26H,11-14H2,1-2H3/t18-/m0/s1. The Morgan fingerprint density at radius 3 is 2.68 bits per heavy atom. The number of fused-ring (bicyclic) bond motifs is 1. The highest BCUT2D eigenvalue weighted by atomic mass is 16.5. The number of ketones is 1. The van der Waals surface area contributed by atoms with E-state index in [4.69, 9.17) is 4.74 Å². The number of benzene rings is 2. The van der Waals surface area contributed by atoms with Crippen LogP contribution in [-0.2, 0) is 11.2 Å². The number of carbonyl (C=O) groups is 1. The SMILES string of the molecule is COc1ccc([C@@H]2CC(=O)C=C(NCCc3c(C)[nH]c4ccccc34)C2)cc1. The van der Waals surface area contributed by atoms with E-state index in [0.29, 0.717) is 6.42 Å². The summed E-state index contributed by atoms with van der Waals surface area (Å²) in [4.78, 5) is 15.7. The lowest BCUT2D eigenvalue weighted by Gasteiger charge is -2.23. The van der Waals surface area contributed by atoms with Crippen LogP contribution in [0.15, 0.2) is 60.3 Å². The monoisotopic (exact) mass is 374 g/mol. The first-order chi connectivity index (χ1) is 13.6. The Kier molecular flexibility index (Phi) is 5.20. The Balaban J connectivity index is 1.41. The highest BCUT2D eigenvalue weighted by molar-refractivity contribution is 5.92. The zero-order valence-electron chi connectivity index (χ0n) is 16.4. The van der Waals surface area contributed by atoms with Crippen molar-refractivity contribution in [2.75, 3.05) is 13.7 Å². The maximum absolute atomic E-state index is 12.3. The summed E-state index contributed by atoms with van der Waals surface area (Å²) in [6.45, 7) is 2.94. The number of hydrogen-bond acceptors (Lipinski definition) is 3. The predicted molar refractivity (Wildman–Crippen MR) is 113 cm³/mol. The lowest BCUT2D eigenvalue weighted by atomic mass is 9.85. The number of aromatic amines is 1. The number of carbonyl (C=O) groups excluding carboxylic acids is 1. The van der Waals surface area contributed by atoms with Crippen molar-refractivity contribution >= 4 is 16.7 Å². The van der Waals surface area contributed by atoms with E-state index in [0.717, 1.165) is 30.8 Å². The summed E-state index contributed by atoms with van der Waals surface area (Å²) < 4.78 is 5.23. The third kappa shape index (κ3) is 3.81. The lowest BCUT2D eigenvalue weighted by molar-refractivity contribution is -0.115. The van der Waals surface area contributed by atoms with Gasteiger partial charge in [0.2, 0.25) is 0 Å². The molecule has 144 valence electrons. The summed E-state index contributed by atoms with van der Waals surface area (Å²) in [5, 5.41) is 4.79. The molecule has 0 bridgehead atoms. The molecule has 0 saturated carbocycles. The Bertz CT molecular complexity index is 1010.